The Morgan fingerprint density at radius 3 is 2.47 bits per heavy atom. The van der Waals surface area contributed by atoms with Crippen LogP contribution in [-0.2, 0) is 5.33 Å². The average molecular weight is 331 g/mol. The van der Waals surface area contributed by atoms with E-state index in [4.69, 9.17) is 11.6 Å². The third-order valence-corrected chi connectivity index (χ3v) is 3.24. The predicted molar refractivity (Wildman–Crippen MR) is 68.0 cm³/mol. The largest absolute Gasteiger partial charge is 0.405 e. The molecule has 1 nitrogen and oxygen atoms in total. The highest BCUT2D eigenvalue weighted by Crippen LogP contribution is 2.31. The van der Waals surface area contributed by atoms with Crippen LogP contribution >= 0.6 is 27.5 Å². The minimum atomic E-state index is -4.22. The summed E-state index contributed by atoms with van der Waals surface area (Å²) in [7, 11) is 0. The van der Waals surface area contributed by atoms with Gasteiger partial charge in [0, 0.05) is 28.1 Å². The van der Waals surface area contributed by atoms with Crippen molar-refractivity contribution in [1.82, 2.24) is 0 Å². The summed E-state index contributed by atoms with van der Waals surface area (Å²) < 4.78 is 37.3. The summed E-state index contributed by atoms with van der Waals surface area (Å²) in [5.41, 5.74) is 1.20. The van der Waals surface area contributed by atoms with Crippen LogP contribution < -0.4 is 4.90 Å². The molecule has 96 valence electrons. The van der Waals surface area contributed by atoms with E-state index >= 15 is 0 Å². The summed E-state index contributed by atoms with van der Waals surface area (Å²) >= 11 is 9.21. The molecule has 0 fully saturated rings. The monoisotopic (exact) mass is 329 g/mol. The van der Waals surface area contributed by atoms with Crippen LogP contribution in [0.15, 0.2) is 18.2 Å². The maximum atomic E-state index is 12.4. The van der Waals surface area contributed by atoms with Gasteiger partial charge in [-0.05, 0) is 19.1 Å². The molecule has 0 aliphatic heterocycles. The zero-order valence-electron chi connectivity index (χ0n) is 9.19. The van der Waals surface area contributed by atoms with Crippen molar-refractivity contribution < 1.29 is 13.2 Å². The van der Waals surface area contributed by atoms with Gasteiger partial charge in [-0.1, -0.05) is 33.6 Å². The Hall–Kier alpha value is -0.420. The molecule has 0 radical (unpaired) electrons. The number of hydrogen-bond donors (Lipinski definition) is 0. The average Bonchev–Trinajstić information content (AvgIpc) is 2.24. The minimum absolute atomic E-state index is 0.278. The summed E-state index contributed by atoms with van der Waals surface area (Å²) in [4.78, 5) is 1.27. The second-order valence-electron chi connectivity index (χ2n) is 3.50. The molecule has 0 amide bonds. The van der Waals surface area contributed by atoms with Crippen molar-refractivity contribution >= 4 is 33.2 Å². The molecule has 6 heteroatoms. The first-order valence-electron chi connectivity index (χ1n) is 5.04. The molecule has 0 heterocycles. The van der Waals surface area contributed by atoms with Crippen molar-refractivity contribution in [2.24, 2.45) is 0 Å². The second kappa shape index (κ2) is 5.96. The van der Waals surface area contributed by atoms with Gasteiger partial charge < -0.3 is 4.90 Å². The van der Waals surface area contributed by atoms with Gasteiger partial charge in [-0.2, -0.15) is 13.2 Å². The van der Waals surface area contributed by atoms with E-state index in [1.165, 1.54) is 4.90 Å². The first-order valence-corrected chi connectivity index (χ1v) is 6.54. The minimum Gasteiger partial charge on any atom is -0.363 e. The number of anilines is 1. The number of halogens is 5. The summed E-state index contributed by atoms with van der Waals surface area (Å²) in [6.07, 6.45) is -4.22. The predicted octanol–water partition coefficient (Wildman–Crippen LogP) is 4.62. The van der Waals surface area contributed by atoms with Gasteiger partial charge >= 0.3 is 6.18 Å². The lowest BCUT2D eigenvalue weighted by Crippen LogP contribution is -2.34. The maximum Gasteiger partial charge on any atom is 0.405 e. The van der Waals surface area contributed by atoms with Gasteiger partial charge in [0.15, 0.2) is 0 Å². The van der Waals surface area contributed by atoms with Crippen LogP contribution in [0.3, 0.4) is 0 Å². The quantitative estimate of drug-likeness (QED) is 0.728. The normalized spacial score (nSPS) is 11.6. The molecule has 0 aliphatic rings. The van der Waals surface area contributed by atoms with Crippen LogP contribution in [0.4, 0.5) is 18.9 Å². The summed E-state index contributed by atoms with van der Waals surface area (Å²) in [5, 5.41) is 0.899. The molecule has 1 rings (SSSR count). The molecule has 0 saturated carbocycles. The molecule has 0 atom stereocenters. The molecule has 1 aromatic carbocycles. The zero-order chi connectivity index (χ0) is 13.1. The number of nitrogens with zero attached hydrogens (tertiary/aromatic N) is 1. The van der Waals surface area contributed by atoms with Crippen molar-refractivity contribution in [3.63, 3.8) is 0 Å². The van der Waals surface area contributed by atoms with Crippen LogP contribution in [0.25, 0.3) is 0 Å². The number of alkyl halides is 4. The lowest BCUT2D eigenvalue weighted by atomic mass is 10.2. The van der Waals surface area contributed by atoms with Gasteiger partial charge in [-0.3, -0.25) is 0 Å². The Kier molecular flexibility index (Phi) is 5.13. The van der Waals surface area contributed by atoms with E-state index in [-0.39, 0.29) is 6.54 Å². The van der Waals surface area contributed by atoms with Gasteiger partial charge in [-0.15, -0.1) is 0 Å². The molecule has 0 N–H and O–H groups in total. The topological polar surface area (TPSA) is 3.24 Å². The fourth-order valence-electron chi connectivity index (χ4n) is 1.56. The van der Waals surface area contributed by atoms with Gasteiger partial charge in [-0.25, -0.2) is 0 Å². The smallest absolute Gasteiger partial charge is 0.363 e. The van der Waals surface area contributed by atoms with E-state index in [1.807, 2.05) is 0 Å². The molecule has 1 aromatic rings. The lowest BCUT2D eigenvalue weighted by molar-refractivity contribution is -0.119. The van der Waals surface area contributed by atoms with Crippen LogP contribution in [0.5, 0.6) is 0 Å². The van der Waals surface area contributed by atoms with Gasteiger partial charge in [0.2, 0.25) is 0 Å². The molecule has 0 aromatic heterocycles. The Balaban J connectivity index is 3.07. The Morgan fingerprint density at radius 2 is 2.00 bits per heavy atom. The highest BCUT2D eigenvalue weighted by molar-refractivity contribution is 9.08. The third kappa shape index (κ3) is 4.07. The number of hydrogen-bond acceptors (Lipinski definition) is 1. The molecule has 0 bridgehead atoms. The van der Waals surface area contributed by atoms with Gasteiger partial charge in [0.1, 0.15) is 6.54 Å². The SMILES string of the molecule is CCN(CC(F)(F)F)c1cccc(Cl)c1CBr. The van der Waals surface area contributed by atoms with Gasteiger partial charge in [0.05, 0.1) is 0 Å². The molecule has 0 aliphatic carbocycles. The van der Waals surface area contributed by atoms with E-state index in [0.29, 0.717) is 21.6 Å². The van der Waals surface area contributed by atoms with E-state index in [1.54, 1.807) is 25.1 Å². The Labute approximate surface area is 112 Å². The van der Waals surface area contributed by atoms with Crippen LogP contribution in [-0.4, -0.2) is 19.3 Å². The maximum absolute atomic E-state index is 12.4. The molecule has 17 heavy (non-hydrogen) atoms. The molecular formula is C11H12BrClF3N. The van der Waals surface area contributed by atoms with E-state index in [2.05, 4.69) is 15.9 Å². The molecule has 0 unspecified atom stereocenters. The van der Waals surface area contributed by atoms with E-state index in [0.717, 1.165) is 0 Å². The van der Waals surface area contributed by atoms with Crippen molar-refractivity contribution in [2.75, 3.05) is 18.0 Å². The summed E-state index contributed by atoms with van der Waals surface area (Å²) in [6, 6.07) is 4.98. The summed E-state index contributed by atoms with van der Waals surface area (Å²) in [5.74, 6) is 0. The van der Waals surface area contributed by atoms with E-state index < -0.39 is 12.7 Å². The van der Waals surface area contributed by atoms with E-state index in [9.17, 15) is 13.2 Å². The fraction of sp³-hybridized carbons (Fsp3) is 0.455. The standard InChI is InChI=1S/C11H12BrClF3N/c1-2-17(7-11(14,15)16)10-5-3-4-9(13)8(10)6-12/h3-5H,2,6-7H2,1H3. The molecular weight excluding hydrogens is 318 g/mol. The molecule has 0 spiro atoms. The fourth-order valence-corrected chi connectivity index (χ4v) is 2.55. The van der Waals surface area contributed by atoms with Crippen LogP contribution in [0.2, 0.25) is 5.02 Å². The van der Waals surface area contributed by atoms with Crippen molar-refractivity contribution in [3.05, 3.63) is 28.8 Å². The van der Waals surface area contributed by atoms with Crippen LogP contribution in [0.1, 0.15) is 12.5 Å². The van der Waals surface area contributed by atoms with Crippen molar-refractivity contribution in [2.45, 2.75) is 18.4 Å². The van der Waals surface area contributed by atoms with Crippen LogP contribution in [0, 0.1) is 0 Å². The highest BCUT2D eigenvalue weighted by Gasteiger charge is 2.31. The number of benzene rings is 1. The highest BCUT2D eigenvalue weighted by atomic mass is 79.9. The second-order valence-corrected chi connectivity index (χ2v) is 4.47. The Bertz CT molecular complexity index is 381. The zero-order valence-corrected chi connectivity index (χ0v) is 11.5. The van der Waals surface area contributed by atoms with Crippen molar-refractivity contribution in [1.29, 1.82) is 0 Å². The van der Waals surface area contributed by atoms with Gasteiger partial charge in [0.25, 0.3) is 0 Å². The molecule has 0 saturated heterocycles. The first kappa shape index (κ1) is 14.6. The number of rotatable bonds is 4. The summed E-state index contributed by atoms with van der Waals surface area (Å²) in [6.45, 7) is 0.994. The lowest BCUT2D eigenvalue weighted by Gasteiger charge is -2.26. The third-order valence-electron chi connectivity index (χ3n) is 2.32. The Morgan fingerprint density at radius 1 is 1.35 bits per heavy atom. The van der Waals surface area contributed by atoms with Crippen molar-refractivity contribution in [3.8, 4) is 0 Å². The first-order chi connectivity index (χ1) is 7.89.